The van der Waals surface area contributed by atoms with Gasteiger partial charge < -0.3 is 5.32 Å². The highest BCUT2D eigenvalue weighted by Crippen LogP contribution is 2.22. The number of aromatic nitrogens is 1. The molecule has 21 heavy (non-hydrogen) atoms. The first-order valence-corrected chi connectivity index (χ1v) is 7.99. The van der Waals surface area contributed by atoms with E-state index in [2.05, 4.69) is 15.0 Å². The van der Waals surface area contributed by atoms with E-state index in [1.807, 2.05) is 24.3 Å². The second-order valence-electron chi connectivity index (χ2n) is 4.85. The summed E-state index contributed by atoms with van der Waals surface area (Å²) < 4.78 is 40.5. The van der Waals surface area contributed by atoms with E-state index < -0.39 is 20.9 Å². The van der Waals surface area contributed by atoms with Crippen molar-refractivity contribution >= 4 is 15.7 Å². The van der Waals surface area contributed by atoms with Crippen LogP contribution in [0.5, 0.6) is 0 Å². The van der Waals surface area contributed by atoms with Gasteiger partial charge in [0.05, 0.1) is 0 Å². The number of nitrogens with zero attached hydrogens (tertiary/aromatic N) is 1. The normalized spacial score (nSPS) is 17.9. The number of rotatable bonds is 3. The highest BCUT2D eigenvalue weighted by molar-refractivity contribution is 7.89. The Kier molecular flexibility index (Phi) is 3.60. The predicted octanol–water partition coefficient (Wildman–Crippen LogP) is 1.54. The molecule has 110 valence electrons. The molecule has 0 aliphatic carbocycles. The molecule has 1 aliphatic rings. The van der Waals surface area contributed by atoms with Crippen molar-refractivity contribution in [3.8, 4) is 0 Å². The molecule has 1 aromatic carbocycles. The average molecular weight is 307 g/mol. The van der Waals surface area contributed by atoms with Gasteiger partial charge in [0.25, 0.3) is 10.0 Å². The van der Waals surface area contributed by atoms with Gasteiger partial charge in [-0.1, -0.05) is 18.2 Å². The van der Waals surface area contributed by atoms with E-state index in [1.165, 1.54) is 12.3 Å². The lowest BCUT2D eigenvalue weighted by atomic mass is 10.0. The first-order chi connectivity index (χ1) is 10.1. The summed E-state index contributed by atoms with van der Waals surface area (Å²) in [4.78, 5) is 3.61. The van der Waals surface area contributed by atoms with Crippen LogP contribution in [-0.4, -0.2) is 26.0 Å². The molecule has 1 unspecified atom stereocenters. The molecule has 1 aromatic heterocycles. The number of sulfonamides is 1. The summed E-state index contributed by atoms with van der Waals surface area (Å²) in [6.07, 6.45) is 1.81. The third-order valence-corrected chi connectivity index (χ3v) is 4.78. The fourth-order valence-electron chi connectivity index (χ4n) is 2.37. The molecular weight excluding hydrogens is 293 g/mol. The fraction of sp³-hybridized carbons (Fsp3) is 0.214. The largest absolute Gasteiger partial charge is 0.383 e. The van der Waals surface area contributed by atoms with Gasteiger partial charge in [-0.05, 0) is 30.2 Å². The molecule has 5 nitrogen and oxygen atoms in total. The Labute approximate surface area is 122 Å². The minimum absolute atomic E-state index is 0.341. The van der Waals surface area contributed by atoms with E-state index in [9.17, 15) is 12.8 Å². The van der Waals surface area contributed by atoms with E-state index >= 15 is 0 Å². The molecule has 1 aliphatic heterocycles. The molecule has 0 fully saturated rings. The minimum Gasteiger partial charge on any atom is -0.383 e. The van der Waals surface area contributed by atoms with E-state index in [-0.39, 0.29) is 6.04 Å². The quantitative estimate of drug-likeness (QED) is 0.902. The van der Waals surface area contributed by atoms with Crippen LogP contribution in [0.25, 0.3) is 0 Å². The van der Waals surface area contributed by atoms with Crippen molar-refractivity contribution in [3.05, 3.63) is 54.0 Å². The van der Waals surface area contributed by atoms with Crippen LogP contribution in [0, 0.1) is 5.82 Å². The topological polar surface area (TPSA) is 71.1 Å². The van der Waals surface area contributed by atoms with Gasteiger partial charge in [0.15, 0.2) is 5.82 Å². The third kappa shape index (κ3) is 2.88. The molecule has 0 saturated carbocycles. The van der Waals surface area contributed by atoms with Crippen molar-refractivity contribution in [1.82, 2.24) is 9.71 Å². The zero-order valence-electron chi connectivity index (χ0n) is 11.1. The molecule has 2 N–H and O–H groups in total. The summed E-state index contributed by atoms with van der Waals surface area (Å²) in [5.41, 5.74) is 2.02. The Morgan fingerprint density at radius 3 is 2.86 bits per heavy atom. The Bertz CT molecular complexity index is 764. The van der Waals surface area contributed by atoms with Gasteiger partial charge in [-0.25, -0.2) is 22.5 Å². The molecule has 0 radical (unpaired) electrons. The van der Waals surface area contributed by atoms with E-state index in [0.717, 1.165) is 17.3 Å². The molecule has 2 aromatic rings. The number of hydrogen-bond acceptors (Lipinski definition) is 4. The van der Waals surface area contributed by atoms with Gasteiger partial charge in [0, 0.05) is 24.5 Å². The third-order valence-electron chi connectivity index (χ3n) is 3.32. The maximum atomic E-state index is 13.6. The van der Waals surface area contributed by atoms with Crippen LogP contribution in [0.2, 0.25) is 0 Å². The molecule has 2 heterocycles. The SMILES string of the molecule is O=S(=O)(NC1CNc2ccccc2C1)c1ncccc1F. The summed E-state index contributed by atoms with van der Waals surface area (Å²) >= 11 is 0. The number of benzene rings is 1. The molecule has 7 heteroatoms. The molecule has 1 atom stereocenters. The lowest BCUT2D eigenvalue weighted by Gasteiger charge is -2.26. The number of para-hydroxylation sites is 1. The first kappa shape index (κ1) is 14.0. The predicted molar refractivity (Wildman–Crippen MR) is 76.9 cm³/mol. The number of hydrogen-bond donors (Lipinski definition) is 2. The zero-order valence-corrected chi connectivity index (χ0v) is 11.9. The van der Waals surface area contributed by atoms with Gasteiger partial charge in [0.2, 0.25) is 5.03 Å². The van der Waals surface area contributed by atoms with Gasteiger partial charge >= 0.3 is 0 Å². The summed E-state index contributed by atoms with van der Waals surface area (Å²) in [6.45, 7) is 0.449. The second-order valence-corrected chi connectivity index (χ2v) is 6.48. The highest BCUT2D eigenvalue weighted by Gasteiger charge is 2.26. The van der Waals surface area contributed by atoms with Crippen LogP contribution in [0.4, 0.5) is 10.1 Å². The van der Waals surface area contributed by atoms with Crippen molar-refractivity contribution in [2.75, 3.05) is 11.9 Å². The zero-order chi connectivity index (χ0) is 14.9. The number of halogens is 1. The summed E-state index contributed by atoms with van der Waals surface area (Å²) in [5, 5.41) is 2.59. The Hall–Kier alpha value is -1.99. The van der Waals surface area contributed by atoms with Crippen LogP contribution in [0.3, 0.4) is 0 Å². The van der Waals surface area contributed by atoms with Crippen LogP contribution >= 0.6 is 0 Å². The van der Waals surface area contributed by atoms with Gasteiger partial charge in [-0.3, -0.25) is 0 Å². The van der Waals surface area contributed by atoms with E-state index in [0.29, 0.717) is 13.0 Å². The number of fused-ring (bicyclic) bond motifs is 1. The van der Waals surface area contributed by atoms with Crippen LogP contribution in [0.15, 0.2) is 47.6 Å². The summed E-state index contributed by atoms with van der Waals surface area (Å²) in [6, 6.07) is 9.78. The van der Waals surface area contributed by atoms with E-state index in [4.69, 9.17) is 0 Å². The standard InChI is InChI=1S/C14H14FN3O2S/c15-12-5-3-7-16-14(12)21(19,20)18-11-8-10-4-1-2-6-13(10)17-9-11/h1-7,11,17-18H,8-9H2. The lowest BCUT2D eigenvalue weighted by Crippen LogP contribution is -2.43. The molecule has 0 bridgehead atoms. The van der Waals surface area contributed by atoms with Crippen molar-refractivity contribution in [2.45, 2.75) is 17.5 Å². The molecule has 0 saturated heterocycles. The summed E-state index contributed by atoms with van der Waals surface area (Å²) in [7, 11) is -3.97. The second kappa shape index (κ2) is 5.42. The Morgan fingerprint density at radius 2 is 2.05 bits per heavy atom. The van der Waals surface area contributed by atoms with Crippen molar-refractivity contribution < 1.29 is 12.8 Å². The number of nitrogens with one attached hydrogen (secondary N) is 2. The number of anilines is 1. The number of pyridine rings is 1. The fourth-order valence-corrected chi connectivity index (χ4v) is 3.61. The van der Waals surface area contributed by atoms with Crippen molar-refractivity contribution in [1.29, 1.82) is 0 Å². The smallest absolute Gasteiger partial charge is 0.261 e. The van der Waals surface area contributed by atoms with Crippen LogP contribution < -0.4 is 10.0 Å². The van der Waals surface area contributed by atoms with Crippen molar-refractivity contribution in [2.24, 2.45) is 0 Å². The molecule has 0 amide bonds. The van der Waals surface area contributed by atoms with Gasteiger partial charge in [-0.2, -0.15) is 0 Å². The Balaban J connectivity index is 1.80. The molecule has 0 spiro atoms. The highest BCUT2D eigenvalue weighted by atomic mass is 32.2. The minimum atomic E-state index is -3.97. The van der Waals surface area contributed by atoms with Gasteiger partial charge in [-0.15, -0.1) is 0 Å². The lowest BCUT2D eigenvalue weighted by molar-refractivity contribution is 0.525. The maximum Gasteiger partial charge on any atom is 0.261 e. The monoisotopic (exact) mass is 307 g/mol. The Morgan fingerprint density at radius 1 is 1.24 bits per heavy atom. The van der Waals surface area contributed by atoms with Crippen LogP contribution in [-0.2, 0) is 16.4 Å². The molecule has 3 rings (SSSR count). The van der Waals surface area contributed by atoms with Gasteiger partial charge in [0.1, 0.15) is 0 Å². The maximum absolute atomic E-state index is 13.6. The average Bonchev–Trinajstić information content (AvgIpc) is 2.47. The van der Waals surface area contributed by atoms with Crippen LogP contribution in [0.1, 0.15) is 5.56 Å². The summed E-state index contributed by atoms with van der Waals surface area (Å²) in [5.74, 6) is -0.853. The first-order valence-electron chi connectivity index (χ1n) is 6.51. The van der Waals surface area contributed by atoms with E-state index in [1.54, 1.807) is 0 Å². The van der Waals surface area contributed by atoms with Crippen molar-refractivity contribution in [3.63, 3.8) is 0 Å². The molecular formula is C14H14FN3O2S.